The third-order valence-corrected chi connectivity index (χ3v) is 3.85. The van der Waals surface area contributed by atoms with Crippen molar-refractivity contribution in [1.29, 1.82) is 0 Å². The Bertz CT molecular complexity index is 235. The maximum Gasteiger partial charge on any atom is 1.00 e. The smallest absolute Gasteiger partial charge is 0.343 e. The molecule has 0 aromatic carbocycles. The van der Waals surface area contributed by atoms with Gasteiger partial charge in [-0.05, 0) is 0 Å². The molecule has 0 aliphatic heterocycles. The molecule has 0 saturated carbocycles. The van der Waals surface area contributed by atoms with Gasteiger partial charge in [-0.1, -0.05) is 103 Å². The molecule has 0 atom stereocenters. The second kappa shape index (κ2) is 24.7. The molecule has 0 aromatic heterocycles. The summed E-state index contributed by atoms with van der Waals surface area (Å²) >= 11 is 0. The van der Waals surface area contributed by atoms with Crippen LogP contribution in [0.25, 0.3) is 0 Å². The molecule has 0 unspecified atom stereocenters. The number of unbranched alkanes of at least 4 members (excludes halogenated alkanes) is 15. The van der Waals surface area contributed by atoms with E-state index >= 15 is 0 Å². The van der Waals surface area contributed by atoms with E-state index in [-0.39, 0.29) is 51.4 Å². The third-order valence-electron chi connectivity index (χ3n) is 3.85. The van der Waals surface area contributed by atoms with E-state index in [1.54, 1.807) is 0 Å². The molecule has 0 saturated heterocycles. The van der Waals surface area contributed by atoms with Gasteiger partial charge < -0.3 is 21.6 Å². The fourth-order valence-corrected chi connectivity index (χ4v) is 2.55. The van der Waals surface area contributed by atoms with Crippen LogP contribution in [0.15, 0.2) is 0 Å². The molecule has 0 rings (SSSR count). The van der Waals surface area contributed by atoms with Gasteiger partial charge in [-0.3, -0.25) is 0 Å². The summed E-state index contributed by atoms with van der Waals surface area (Å²) in [6.07, 6.45) is 22.8. The van der Waals surface area contributed by atoms with Crippen LogP contribution in [0.5, 0.6) is 0 Å². The van der Waals surface area contributed by atoms with Crippen molar-refractivity contribution in [2.24, 2.45) is 0 Å². The summed E-state index contributed by atoms with van der Waals surface area (Å²) < 4.78 is 8.88. The fraction of sp³-hybridized carbons (Fsp3) is 0.944. The monoisotopic (exact) mass is 390 g/mol. The summed E-state index contributed by atoms with van der Waals surface area (Å²) in [5, 5.41) is 0. The van der Waals surface area contributed by atoms with Crippen LogP contribution in [-0.4, -0.2) is 14.7 Å². The van der Waals surface area contributed by atoms with Gasteiger partial charge >= 0.3 is 59.2 Å². The maximum absolute atomic E-state index is 8.88. The van der Waals surface area contributed by atoms with E-state index in [9.17, 15) is 0 Å². The Hall–Kier alpha value is 1.75. The van der Waals surface area contributed by atoms with E-state index in [2.05, 4.69) is 13.8 Å². The van der Waals surface area contributed by atoms with E-state index < -0.39 is 7.82 Å². The van der Waals surface area contributed by atoms with Crippen molar-refractivity contribution in [3.63, 3.8) is 0 Å². The molecule has 0 aromatic rings. The van der Waals surface area contributed by atoms with Crippen molar-refractivity contribution < 1.29 is 70.6 Å². The first-order valence-electron chi connectivity index (χ1n) is 9.49. The van der Waals surface area contributed by atoms with Crippen LogP contribution in [0, 0.1) is 6.92 Å². The van der Waals surface area contributed by atoms with Gasteiger partial charge in [0.05, 0.1) is 0 Å². The molecule has 0 aliphatic carbocycles. The molecule has 0 aliphatic rings. The van der Waals surface area contributed by atoms with Crippen LogP contribution < -0.4 is 51.4 Å². The molecule has 6 heteroatoms. The summed E-state index contributed by atoms with van der Waals surface area (Å²) in [7, 11) is -4.64. The zero-order valence-corrected chi connectivity index (χ0v) is 20.2. The predicted octanol–water partition coefficient (Wildman–Crippen LogP) is 3.16. The van der Waals surface area contributed by atoms with Gasteiger partial charge in [-0.15, -0.1) is 0 Å². The van der Waals surface area contributed by atoms with E-state index in [0.29, 0.717) is 0 Å². The van der Waals surface area contributed by atoms with E-state index in [4.69, 9.17) is 19.2 Å². The summed E-state index contributed by atoms with van der Waals surface area (Å²) in [6, 6.07) is 0. The van der Waals surface area contributed by atoms with Crippen LogP contribution >= 0.6 is 7.82 Å². The van der Waals surface area contributed by atoms with Crippen LogP contribution in [0.4, 0.5) is 0 Å². The number of hydrogen-bond donors (Lipinski definition) is 3. The third kappa shape index (κ3) is 43.8. The van der Waals surface area contributed by atoms with Gasteiger partial charge in [0.15, 0.2) is 0 Å². The average molecular weight is 391 g/mol. The molecular formula is C18H40KO4P. The zero-order chi connectivity index (χ0) is 17.8. The number of phosphoric acid groups is 1. The Morgan fingerprint density at radius 3 is 1.04 bits per heavy atom. The second-order valence-electron chi connectivity index (χ2n) is 6.32. The molecule has 0 heterocycles. The molecule has 3 N–H and O–H groups in total. The van der Waals surface area contributed by atoms with Gasteiger partial charge in [-0.25, -0.2) is 4.57 Å². The SMILES string of the molecule is O=P(O)(O)O.[CH2-]CCCCCCCCCCCCCCCCC.[K+]. The molecular weight excluding hydrogens is 350 g/mol. The largest absolute Gasteiger partial charge is 1.00 e. The minimum absolute atomic E-state index is 0. The normalized spacial score (nSPS) is 10.7. The Balaban J connectivity index is -0.000000639. The van der Waals surface area contributed by atoms with Crippen LogP contribution in [-0.2, 0) is 4.57 Å². The molecule has 4 nitrogen and oxygen atoms in total. The minimum atomic E-state index is -4.64. The second-order valence-corrected chi connectivity index (χ2v) is 7.34. The van der Waals surface area contributed by atoms with Crippen LogP contribution in [0.3, 0.4) is 0 Å². The predicted molar refractivity (Wildman–Crippen MR) is 99.2 cm³/mol. The van der Waals surface area contributed by atoms with Gasteiger partial charge in [-0.2, -0.15) is 6.42 Å². The van der Waals surface area contributed by atoms with Crippen molar-refractivity contribution in [2.45, 2.75) is 110 Å². The standard InChI is InChI=1S/C18H37.K.H3O4P/c1-3-5-7-9-11-13-15-17-18-16-14-12-10-8-6-4-2;;1-5(2,3)4/h1,3-18H2,2H3;;(H3,1,2,3,4)/q-1;+1;. The van der Waals surface area contributed by atoms with E-state index in [1.807, 2.05) is 0 Å². The maximum atomic E-state index is 8.88. The molecule has 0 amide bonds. The van der Waals surface area contributed by atoms with Crippen LogP contribution in [0.1, 0.15) is 110 Å². The van der Waals surface area contributed by atoms with Crippen molar-refractivity contribution in [3.05, 3.63) is 6.92 Å². The van der Waals surface area contributed by atoms with Gasteiger partial charge in [0.1, 0.15) is 0 Å². The summed E-state index contributed by atoms with van der Waals surface area (Å²) in [4.78, 5) is 21.6. The van der Waals surface area contributed by atoms with Crippen molar-refractivity contribution in [3.8, 4) is 0 Å². The zero-order valence-electron chi connectivity index (χ0n) is 16.2. The van der Waals surface area contributed by atoms with Crippen molar-refractivity contribution in [2.75, 3.05) is 0 Å². The topological polar surface area (TPSA) is 77.8 Å². The molecule has 24 heavy (non-hydrogen) atoms. The Kier molecular flexibility index (Phi) is 31.4. The first kappa shape index (κ1) is 30.5. The summed E-state index contributed by atoms with van der Waals surface area (Å²) in [6.45, 7) is 6.18. The number of rotatable bonds is 15. The molecule has 0 fully saturated rings. The first-order valence-corrected chi connectivity index (χ1v) is 11.1. The quantitative estimate of drug-likeness (QED) is 0.174. The average Bonchev–Trinajstić information content (AvgIpc) is 2.46. The van der Waals surface area contributed by atoms with Crippen molar-refractivity contribution in [1.82, 2.24) is 0 Å². The Labute approximate surface area is 193 Å². The first-order chi connectivity index (χ1) is 10.9. The van der Waals surface area contributed by atoms with E-state index in [0.717, 1.165) is 6.42 Å². The van der Waals surface area contributed by atoms with Gasteiger partial charge in [0.2, 0.25) is 0 Å². The molecule has 0 spiro atoms. The fourth-order valence-electron chi connectivity index (χ4n) is 2.55. The Morgan fingerprint density at radius 1 is 0.625 bits per heavy atom. The van der Waals surface area contributed by atoms with Crippen molar-refractivity contribution >= 4 is 7.82 Å². The van der Waals surface area contributed by atoms with Gasteiger partial charge in [0, 0.05) is 0 Å². The molecule has 142 valence electrons. The molecule has 0 bridgehead atoms. The number of hydrogen-bond acceptors (Lipinski definition) is 1. The Morgan fingerprint density at radius 2 is 0.833 bits per heavy atom. The van der Waals surface area contributed by atoms with E-state index in [1.165, 1.54) is 96.3 Å². The summed E-state index contributed by atoms with van der Waals surface area (Å²) in [5.74, 6) is 0. The minimum Gasteiger partial charge on any atom is -0.343 e. The summed E-state index contributed by atoms with van der Waals surface area (Å²) in [5.41, 5.74) is 0. The molecule has 0 radical (unpaired) electrons. The van der Waals surface area contributed by atoms with Crippen LogP contribution in [0.2, 0.25) is 0 Å². The van der Waals surface area contributed by atoms with Gasteiger partial charge in [0.25, 0.3) is 0 Å².